The molecule has 7 N–H and O–H groups in total. The summed E-state index contributed by atoms with van der Waals surface area (Å²) >= 11 is 0. The van der Waals surface area contributed by atoms with E-state index >= 15 is 0 Å². The van der Waals surface area contributed by atoms with Crippen LogP contribution in [0.2, 0.25) is 0 Å². The van der Waals surface area contributed by atoms with Gasteiger partial charge in [-0.15, -0.1) is 0 Å². The normalized spacial score (nSPS) is 53.5. The summed E-state index contributed by atoms with van der Waals surface area (Å²) in [7, 11) is 0. The van der Waals surface area contributed by atoms with Crippen LogP contribution in [0.4, 0.5) is 0 Å². The van der Waals surface area contributed by atoms with Gasteiger partial charge >= 0.3 is 0 Å². The molecule has 2 aliphatic heterocycles. The number of aliphatic hydroxyl groups excluding tert-OH is 7. The van der Waals surface area contributed by atoms with E-state index in [9.17, 15) is 30.6 Å². The Balaban J connectivity index is 2.06. The minimum atomic E-state index is -1.69. The molecule has 0 aromatic heterocycles. The first-order chi connectivity index (χ1) is 10.3. The maximum atomic E-state index is 9.93. The molecule has 2 heterocycles. The second-order valence-electron chi connectivity index (χ2n) is 5.51. The van der Waals surface area contributed by atoms with Gasteiger partial charge in [0, 0.05) is 0 Å². The van der Waals surface area contributed by atoms with Gasteiger partial charge in [-0.3, -0.25) is 0 Å². The molecule has 0 saturated carbocycles. The number of rotatable bonds is 3. The lowest BCUT2D eigenvalue weighted by molar-refractivity contribution is -0.358. The third-order valence-corrected chi connectivity index (χ3v) is 3.94. The van der Waals surface area contributed by atoms with Gasteiger partial charge in [-0.25, -0.2) is 0 Å². The van der Waals surface area contributed by atoms with Crippen LogP contribution in [-0.4, -0.2) is 104 Å². The first-order valence-corrected chi connectivity index (χ1v) is 6.93. The average Bonchev–Trinajstić information content (AvgIpc) is 2.49. The molecule has 130 valence electrons. The molecule has 10 nitrogen and oxygen atoms in total. The summed E-state index contributed by atoms with van der Waals surface area (Å²) in [4.78, 5) is 0. The lowest BCUT2D eigenvalue weighted by atomic mass is 9.97. The maximum absolute atomic E-state index is 9.93. The van der Waals surface area contributed by atoms with E-state index in [2.05, 4.69) is 0 Å². The summed E-state index contributed by atoms with van der Waals surface area (Å²) in [6, 6.07) is 0. The minimum absolute atomic E-state index is 0.619. The molecule has 0 radical (unpaired) electrons. The second-order valence-corrected chi connectivity index (χ2v) is 5.51. The average molecular weight is 326 g/mol. The Morgan fingerprint density at radius 2 is 1.45 bits per heavy atom. The molecule has 22 heavy (non-hydrogen) atoms. The highest BCUT2D eigenvalue weighted by Gasteiger charge is 2.49. The van der Waals surface area contributed by atoms with Gasteiger partial charge in [0.15, 0.2) is 12.6 Å². The van der Waals surface area contributed by atoms with Crippen molar-refractivity contribution in [3.63, 3.8) is 0 Å². The summed E-state index contributed by atoms with van der Waals surface area (Å²) in [5, 5.41) is 67.5. The Morgan fingerprint density at radius 3 is 2.05 bits per heavy atom. The van der Waals surface area contributed by atoms with Gasteiger partial charge in [0.05, 0.1) is 12.7 Å². The zero-order valence-corrected chi connectivity index (χ0v) is 11.8. The van der Waals surface area contributed by atoms with Crippen molar-refractivity contribution >= 4 is 0 Å². The highest BCUT2D eigenvalue weighted by Crippen LogP contribution is 2.28. The molecule has 1 unspecified atom stereocenters. The van der Waals surface area contributed by atoms with Crippen molar-refractivity contribution in [2.75, 3.05) is 6.61 Å². The van der Waals surface area contributed by atoms with Gasteiger partial charge in [0.25, 0.3) is 0 Å². The summed E-state index contributed by atoms with van der Waals surface area (Å²) in [6.07, 6.45) is -14.3. The van der Waals surface area contributed by atoms with Crippen molar-refractivity contribution in [1.82, 2.24) is 0 Å². The highest BCUT2D eigenvalue weighted by molar-refractivity contribution is 4.92. The van der Waals surface area contributed by atoms with Crippen LogP contribution in [-0.2, 0) is 14.2 Å². The SMILES string of the molecule is C[C@@H]1O[C@H](O[C@H]2C(O)O[C@H](CO)[C@@H](O)[C@@H]2O)[C@@H](O)[C@H](O)[C@@H]1O. The Hall–Kier alpha value is -0.400. The Labute approximate surface area is 126 Å². The van der Waals surface area contributed by atoms with E-state index in [1.54, 1.807) is 0 Å². The van der Waals surface area contributed by atoms with Gasteiger partial charge in [0.2, 0.25) is 0 Å². The first kappa shape index (κ1) is 17.9. The fourth-order valence-corrected chi connectivity index (χ4v) is 2.50. The predicted molar refractivity (Wildman–Crippen MR) is 67.2 cm³/mol. The molecule has 2 rings (SSSR count). The topological polar surface area (TPSA) is 169 Å². The lowest BCUT2D eigenvalue weighted by Crippen LogP contribution is -2.63. The van der Waals surface area contributed by atoms with Crippen LogP contribution in [0, 0.1) is 0 Å². The van der Waals surface area contributed by atoms with E-state index in [0.717, 1.165) is 0 Å². The van der Waals surface area contributed by atoms with Crippen LogP contribution in [0.1, 0.15) is 6.92 Å². The smallest absolute Gasteiger partial charge is 0.187 e. The zero-order chi connectivity index (χ0) is 16.6. The predicted octanol–water partition coefficient (Wildman–Crippen LogP) is -4.37. The maximum Gasteiger partial charge on any atom is 0.187 e. The summed E-state index contributed by atoms with van der Waals surface area (Å²) < 4.78 is 15.3. The third kappa shape index (κ3) is 3.26. The van der Waals surface area contributed by atoms with Crippen molar-refractivity contribution in [3.8, 4) is 0 Å². The molecule has 0 spiro atoms. The molecular weight excluding hydrogens is 304 g/mol. The molecular formula is C12H22O10. The van der Waals surface area contributed by atoms with Crippen molar-refractivity contribution in [2.24, 2.45) is 0 Å². The number of hydrogen-bond donors (Lipinski definition) is 7. The van der Waals surface area contributed by atoms with Crippen molar-refractivity contribution in [2.45, 2.75) is 68.3 Å². The fraction of sp³-hybridized carbons (Fsp3) is 1.00. The van der Waals surface area contributed by atoms with E-state index in [1.807, 2.05) is 0 Å². The highest BCUT2D eigenvalue weighted by atomic mass is 16.7. The summed E-state index contributed by atoms with van der Waals surface area (Å²) in [5.74, 6) is 0. The van der Waals surface area contributed by atoms with Crippen molar-refractivity contribution in [1.29, 1.82) is 0 Å². The number of ether oxygens (including phenoxy) is 3. The number of hydrogen-bond acceptors (Lipinski definition) is 10. The van der Waals surface area contributed by atoms with E-state index < -0.39 is 68.0 Å². The summed E-state index contributed by atoms with van der Waals surface area (Å²) in [6.45, 7) is 0.823. The quantitative estimate of drug-likeness (QED) is 0.269. The molecule has 10 atom stereocenters. The van der Waals surface area contributed by atoms with Gasteiger partial charge in [-0.05, 0) is 6.92 Å². The molecule has 2 saturated heterocycles. The number of aliphatic hydroxyl groups is 7. The van der Waals surface area contributed by atoms with Gasteiger partial charge in [0.1, 0.15) is 42.7 Å². The third-order valence-electron chi connectivity index (χ3n) is 3.94. The fourth-order valence-electron chi connectivity index (χ4n) is 2.50. The molecule has 10 heteroatoms. The molecule has 2 aliphatic rings. The van der Waals surface area contributed by atoms with Crippen LogP contribution < -0.4 is 0 Å². The molecule has 0 bridgehead atoms. The van der Waals surface area contributed by atoms with E-state index in [-0.39, 0.29) is 0 Å². The van der Waals surface area contributed by atoms with Gasteiger partial charge in [-0.2, -0.15) is 0 Å². The first-order valence-electron chi connectivity index (χ1n) is 6.93. The van der Waals surface area contributed by atoms with E-state index in [4.69, 9.17) is 19.3 Å². The molecule has 2 fully saturated rings. The van der Waals surface area contributed by atoms with Crippen LogP contribution in [0.25, 0.3) is 0 Å². The molecule has 0 aliphatic carbocycles. The lowest BCUT2D eigenvalue weighted by Gasteiger charge is -2.44. The monoisotopic (exact) mass is 326 g/mol. The van der Waals surface area contributed by atoms with E-state index in [0.29, 0.717) is 0 Å². The standard InChI is InChI=1S/C12H22O10/c1-3-5(14)7(16)9(18)12(20-3)22-10-8(17)6(15)4(2-13)21-11(10)19/h3-19H,2H2,1H3/t3-,4+,5+,6+,7+,8-,9-,10+,11?,12+/m0/s1. The zero-order valence-electron chi connectivity index (χ0n) is 11.8. The minimum Gasteiger partial charge on any atom is -0.394 e. The molecule has 0 aromatic rings. The van der Waals surface area contributed by atoms with Crippen molar-refractivity contribution < 1.29 is 50.0 Å². The van der Waals surface area contributed by atoms with Gasteiger partial charge < -0.3 is 50.0 Å². The second kappa shape index (κ2) is 7.01. The Kier molecular flexibility index (Phi) is 5.72. The molecule has 0 aromatic carbocycles. The van der Waals surface area contributed by atoms with Crippen molar-refractivity contribution in [3.05, 3.63) is 0 Å². The van der Waals surface area contributed by atoms with E-state index in [1.165, 1.54) is 6.92 Å². The molecule has 0 amide bonds. The van der Waals surface area contributed by atoms with Crippen LogP contribution in [0.5, 0.6) is 0 Å². The Morgan fingerprint density at radius 1 is 0.818 bits per heavy atom. The van der Waals surface area contributed by atoms with Gasteiger partial charge in [-0.1, -0.05) is 0 Å². The van der Waals surface area contributed by atoms with Crippen LogP contribution >= 0.6 is 0 Å². The van der Waals surface area contributed by atoms with Crippen LogP contribution in [0.15, 0.2) is 0 Å². The van der Waals surface area contributed by atoms with Crippen LogP contribution in [0.3, 0.4) is 0 Å². The summed E-state index contributed by atoms with van der Waals surface area (Å²) in [5.41, 5.74) is 0. The largest absolute Gasteiger partial charge is 0.394 e. The Bertz CT molecular complexity index is 368.